The second kappa shape index (κ2) is 8.24. The van der Waals surface area contributed by atoms with E-state index in [1.54, 1.807) is 0 Å². The zero-order chi connectivity index (χ0) is 26.1. The minimum atomic E-state index is -2.57. The summed E-state index contributed by atoms with van der Waals surface area (Å²) < 4.78 is 5.41. The highest BCUT2D eigenvalue weighted by Crippen LogP contribution is 2.54. The Balaban J connectivity index is 1.71. The number of fused-ring (bicyclic) bond motifs is 3. The molecule has 1 aromatic rings. The number of phenolic OH excluding ortho intramolecular Hbond substituents is 1. The van der Waals surface area contributed by atoms with Crippen molar-refractivity contribution in [1.82, 2.24) is 0 Å². The van der Waals surface area contributed by atoms with Gasteiger partial charge >= 0.3 is 0 Å². The van der Waals surface area contributed by atoms with Gasteiger partial charge in [-0.05, 0) is 30.4 Å². The van der Waals surface area contributed by atoms with Gasteiger partial charge in [0.15, 0.2) is 11.4 Å². The Labute approximate surface area is 207 Å². The summed E-state index contributed by atoms with van der Waals surface area (Å²) in [6.07, 6.45) is 0.0182. The Bertz CT molecular complexity index is 1260. The van der Waals surface area contributed by atoms with Crippen molar-refractivity contribution in [2.45, 2.75) is 24.9 Å². The second-order valence-corrected chi connectivity index (χ2v) is 10.0. The lowest BCUT2D eigenvalue weighted by molar-refractivity contribution is -0.147. The van der Waals surface area contributed by atoms with E-state index in [-0.39, 0.29) is 36.1 Å². The topological polar surface area (TPSA) is 174 Å². The zero-order valence-electron chi connectivity index (χ0n) is 20.1. The number of ether oxygens (including phenoxy) is 1. The maximum atomic E-state index is 13.7. The summed E-state index contributed by atoms with van der Waals surface area (Å²) >= 11 is 0. The van der Waals surface area contributed by atoms with Crippen molar-refractivity contribution in [1.29, 1.82) is 0 Å². The van der Waals surface area contributed by atoms with E-state index in [1.807, 2.05) is 30.0 Å². The van der Waals surface area contributed by atoms with Crippen LogP contribution in [0.2, 0.25) is 0 Å². The molecule has 1 aliphatic heterocycles. The molecule has 1 amide bonds. The minimum absolute atomic E-state index is 0.0924. The van der Waals surface area contributed by atoms with Gasteiger partial charge in [-0.25, -0.2) is 0 Å². The predicted molar refractivity (Wildman–Crippen MR) is 129 cm³/mol. The molecule has 5 rings (SSSR count). The molecule has 1 heterocycles. The number of nitrogens with two attached hydrogens (primary N) is 1. The van der Waals surface area contributed by atoms with E-state index < -0.39 is 52.0 Å². The Morgan fingerprint density at radius 2 is 1.83 bits per heavy atom. The van der Waals surface area contributed by atoms with Gasteiger partial charge in [-0.2, -0.15) is 0 Å². The molecule has 1 aromatic carbocycles. The van der Waals surface area contributed by atoms with Crippen LogP contribution in [0.1, 0.15) is 24.0 Å². The van der Waals surface area contributed by atoms with Crippen LogP contribution >= 0.6 is 0 Å². The fraction of sp³-hybridized carbons (Fsp3) is 0.480. The molecule has 4 aliphatic rings. The van der Waals surface area contributed by atoms with Gasteiger partial charge in [0, 0.05) is 50.8 Å². The van der Waals surface area contributed by atoms with E-state index in [9.17, 15) is 34.8 Å². The van der Waals surface area contributed by atoms with Gasteiger partial charge in [-0.1, -0.05) is 0 Å². The number of nitrogens with zero attached hydrogens (tertiary/aromatic N) is 2. The molecule has 36 heavy (non-hydrogen) atoms. The molecule has 0 aromatic heterocycles. The number of carbonyl (C=O) groups is 3. The number of phenols is 1. The number of ketones is 2. The molecule has 1 saturated carbocycles. The fourth-order valence-corrected chi connectivity index (χ4v) is 6.10. The highest BCUT2D eigenvalue weighted by Gasteiger charge is 2.60. The number of aliphatic hydroxyl groups is 3. The quantitative estimate of drug-likeness (QED) is 0.365. The van der Waals surface area contributed by atoms with Crippen LogP contribution in [0.5, 0.6) is 5.75 Å². The third-order valence-electron chi connectivity index (χ3n) is 7.85. The van der Waals surface area contributed by atoms with Crippen LogP contribution in [0, 0.1) is 11.8 Å². The summed E-state index contributed by atoms with van der Waals surface area (Å²) in [6.45, 7) is 2.01. The predicted octanol–water partition coefficient (Wildman–Crippen LogP) is 0.327. The summed E-state index contributed by atoms with van der Waals surface area (Å²) in [5.74, 6) is -6.30. The van der Waals surface area contributed by atoms with Gasteiger partial charge in [0.1, 0.15) is 22.8 Å². The summed E-state index contributed by atoms with van der Waals surface area (Å²) in [5, 5.41) is 44.8. The molecule has 3 aliphatic carbocycles. The SMILES string of the molecule is CN(C)c1cc(N2CCOCC2)c(O)c2c1CC1CC3CC(=O)C(C(N)=O)=C(O)C3(O)C(=O)C1=C2O. The molecule has 1 saturated heterocycles. The molecular weight excluding hydrogens is 470 g/mol. The van der Waals surface area contributed by atoms with Gasteiger partial charge in [0.25, 0.3) is 5.91 Å². The number of carbonyl (C=O) groups excluding carboxylic acids is 3. The summed E-state index contributed by atoms with van der Waals surface area (Å²) in [6, 6.07) is 1.84. The molecule has 0 spiro atoms. The average Bonchev–Trinajstić information content (AvgIpc) is 2.81. The molecule has 3 atom stereocenters. The van der Waals surface area contributed by atoms with E-state index >= 15 is 0 Å². The van der Waals surface area contributed by atoms with Crippen molar-refractivity contribution in [3.05, 3.63) is 34.1 Å². The van der Waals surface area contributed by atoms with Gasteiger partial charge in [-0.3, -0.25) is 14.4 Å². The molecule has 192 valence electrons. The lowest BCUT2D eigenvalue weighted by Gasteiger charge is -2.46. The number of rotatable bonds is 3. The Morgan fingerprint density at radius 3 is 2.44 bits per heavy atom. The standard InChI is InChI=1S/C25H29N3O8/c1-27(2)14-10-15(28-3-5-36-6-4-28)20(30)18-13(14)8-11-7-12-9-16(29)19(24(26)34)23(33)25(12,35)22(32)17(11)21(18)31/h10-12,30-31,33,35H,3-9H2,1-2H3,(H2,26,34). The van der Waals surface area contributed by atoms with Gasteiger partial charge in [0.2, 0.25) is 5.78 Å². The van der Waals surface area contributed by atoms with Crippen molar-refractivity contribution in [2.24, 2.45) is 17.6 Å². The summed E-state index contributed by atoms with van der Waals surface area (Å²) in [5.41, 5.74) is 3.68. The molecule has 11 heteroatoms. The number of aliphatic hydroxyl groups excluding tert-OH is 2. The van der Waals surface area contributed by atoms with Crippen LogP contribution in [0.25, 0.3) is 5.76 Å². The molecule has 0 radical (unpaired) electrons. The van der Waals surface area contributed by atoms with Crippen molar-refractivity contribution in [3.63, 3.8) is 0 Å². The number of benzene rings is 1. The smallest absolute Gasteiger partial charge is 0.255 e. The van der Waals surface area contributed by atoms with Crippen molar-refractivity contribution >= 4 is 34.6 Å². The second-order valence-electron chi connectivity index (χ2n) is 10.0. The van der Waals surface area contributed by atoms with E-state index in [0.717, 1.165) is 5.69 Å². The number of Topliss-reactive ketones (excluding diaryl/α,β-unsaturated/α-hetero) is 2. The van der Waals surface area contributed by atoms with E-state index in [2.05, 4.69) is 0 Å². The third-order valence-corrected chi connectivity index (χ3v) is 7.85. The third kappa shape index (κ3) is 3.22. The van der Waals surface area contributed by atoms with Crippen LogP contribution in [0.15, 0.2) is 23.0 Å². The maximum Gasteiger partial charge on any atom is 0.255 e. The van der Waals surface area contributed by atoms with Gasteiger partial charge in [0.05, 0.1) is 24.5 Å². The van der Waals surface area contributed by atoms with Crippen LogP contribution in [-0.4, -0.2) is 83.9 Å². The lowest BCUT2D eigenvalue weighted by Crippen LogP contribution is -2.58. The molecule has 0 bridgehead atoms. The molecular formula is C25H29N3O8. The van der Waals surface area contributed by atoms with Crippen LogP contribution in [0.3, 0.4) is 0 Å². The van der Waals surface area contributed by atoms with Crippen LogP contribution in [0.4, 0.5) is 11.4 Å². The number of morpholine rings is 1. The highest BCUT2D eigenvalue weighted by atomic mass is 16.5. The minimum Gasteiger partial charge on any atom is -0.508 e. The Morgan fingerprint density at radius 1 is 1.17 bits per heavy atom. The maximum absolute atomic E-state index is 13.7. The molecule has 2 fully saturated rings. The monoisotopic (exact) mass is 499 g/mol. The Hall–Kier alpha value is -3.57. The first-order chi connectivity index (χ1) is 17.0. The first kappa shape index (κ1) is 24.1. The highest BCUT2D eigenvalue weighted by molar-refractivity contribution is 6.22. The van der Waals surface area contributed by atoms with Gasteiger partial charge < -0.3 is 40.7 Å². The number of primary amides is 1. The lowest BCUT2D eigenvalue weighted by atomic mass is 9.59. The van der Waals surface area contributed by atoms with Crippen molar-refractivity contribution < 1.29 is 39.5 Å². The van der Waals surface area contributed by atoms with Gasteiger partial charge in [-0.15, -0.1) is 0 Å². The largest absolute Gasteiger partial charge is 0.508 e. The number of anilines is 2. The first-order valence-electron chi connectivity index (χ1n) is 11.8. The average molecular weight is 500 g/mol. The van der Waals surface area contributed by atoms with Crippen molar-refractivity contribution in [3.8, 4) is 5.75 Å². The summed E-state index contributed by atoms with van der Waals surface area (Å²) in [7, 11) is 3.68. The normalized spacial score (nSPS) is 28.0. The van der Waals surface area contributed by atoms with Crippen LogP contribution < -0.4 is 15.5 Å². The number of amides is 1. The number of hydrogen-bond donors (Lipinski definition) is 5. The fourth-order valence-electron chi connectivity index (χ4n) is 6.10. The van der Waals surface area contributed by atoms with Crippen LogP contribution in [-0.2, 0) is 25.5 Å². The summed E-state index contributed by atoms with van der Waals surface area (Å²) in [4.78, 5) is 41.8. The zero-order valence-corrected chi connectivity index (χ0v) is 20.1. The van der Waals surface area contributed by atoms with Crippen molar-refractivity contribution in [2.75, 3.05) is 50.2 Å². The first-order valence-corrected chi connectivity index (χ1v) is 11.8. The molecule has 6 N–H and O–H groups in total. The molecule has 11 nitrogen and oxygen atoms in total. The molecule has 3 unspecified atom stereocenters. The van der Waals surface area contributed by atoms with E-state index in [1.165, 1.54) is 0 Å². The number of hydrogen-bond acceptors (Lipinski definition) is 10. The Kier molecular flexibility index (Phi) is 5.53. The van der Waals surface area contributed by atoms with E-state index in [0.29, 0.717) is 37.6 Å². The van der Waals surface area contributed by atoms with E-state index in [4.69, 9.17) is 10.5 Å². The number of aromatic hydroxyl groups is 1.